The molecule has 4 rings (SSSR count). The number of ketones is 1. The first-order chi connectivity index (χ1) is 17.7. The highest BCUT2D eigenvalue weighted by Gasteiger charge is 2.44. The van der Waals surface area contributed by atoms with Gasteiger partial charge in [0.25, 0.3) is 0 Å². The molecule has 1 aliphatic heterocycles. The van der Waals surface area contributed by atoms with E-state index in [9.17, 15) is 26.8 Å². The third-order valence-electron chi connectivity index (χ3n) is 6.38. The summed E-state index contributed by atoms with van der Waals surface area (Å²) in [6, 6.07) is 2.43. The van der Waals surface area contributed by atoms with Crippen molar-refractivity contribution in [3.63, 3.8) is 0 Å². The zero-order valence-corrected chi connectivity index (χ0v) is 22.6. The van der Waals surface area contributed by atoms with Crippen molar-refractivity contribution in [2.75, 3.05) is 25.9 Å². The van der Waals surface area contributed by atoms with E-state index in [1.54, 1.807) is 25.7 Å². The van der Waals surface area contributed by atoms with Crippen LogP contribution in [0.1, 0.15) is 51.8 Å². The summed E-state index contributed by atoms with van der Waals surface area (Å²) in [6.45, 7) is 5.86. The number of rotatable bonds is 9. The Bertz CT molecular complexity index is 1310. The Morgan fingerprint density at radius 1 is 1.26 bits per heavy atom. The van der Waals surface area contributed by atoms with Crippen molar-refractivity contribution >= 4 is 21.7 Å². The van der Waals surface area contributed by atoms with E-state index >= 15 is 0 Å². The van der Waals surface area contributed by atoms with Crippen LogP contribution in [-0.2, 0) is 19.4 Å². The second-order valence-electron chi connectivity index (χ2n) is 10.9. The van der Waals surface area contributed by atoms with Gasteiger partial charge in [-0.15, -0.1) is 0 Å². The number of aromatic nitrogens is 2. The molecular weight excluding hydrogens is 522 g/mol. The molecule has 0 bridgehead atoms. The van der Waals surface area contributed by atoms with Crippen LogP contribution in [0.2, 0.25) is 0 Å². The van der Waals surface area contributed by atoms with Gasteiger partial charge in [0, 0.05) is 31.8 Å². The molecule has 13 heteroatoms. The van der Waals surface area contributed by atoms with E-state index in [4.69, 9.17) is 9.26 Å². The maximum absolute atomic E-state index is 14.8. The third-order valence-corrected chi connectivity index (χ3v) is 7.49. The van der Waals surface area contributed by atoms with Gasteiger partial charge < -0.3 is 14.6 Å². The average Bonchev–Trinajstić information content (AvgIpc) is 3.40. The molecule has 1 N–H and O–H groups in total. The number of amides is 1. The molecule has 1 saturated carbocycles. The minimum atomic E-state index is -3.63. The Morgan fingerprint density at radius 2 is 1.97 bits per heavy atom. The van der Waals surface area contributed by atoms with Crippen molar-refractivity contribution in [3.05, 3.63) is 29.9 Å². The highest BCUT2D eigenvalue weighted by Crippen LogP contribution is 2.38. The Balaban J connectivity index is 1.67. The number of Topliss-reactive ketones (excluding diaryl/α,β-unsaturated/α-hetero) is 1. The monoisotopic (exact) mass is 554 g/mol. The van der Waals surface area contributed by atoms with Crippen LogP contribution in [0.5, 0.6) is 0 Å². The fourth-order valence-corrected chi connectivity index (χ4v) is 5.05. The Hall–Kier alpha value is -2.93. The van der Waals surface area contributed by atoms with Gasteiger partial charge in [0.15, 0.2) is 15.6 Å². The molecule has 1 aliphatic carbocycles. The lowest BCUT2D eigenvalue weighted by atomic mass is 9.91. The van der Waals surface area contributed by atoms with Gasteiger partial charge in [0.05, 0.1) is 16.5 Å². The number of carbonyl (C=O) groups is 2. The average molecular weight is 555 g/mol. The van der Waals surface area contributed by atoms with E-state index < -0.39 is 45.5 Å². The van der Waals surface area contributed by atoms with Crippen LogP contribution in [0, 0.1) is 11.7 Å². The maximum atomic E-state index is 14.8. The number of benzene rings is 1. The zero-order valence-electron chi connectivity index (χ0n) is 21.7. The van der Waals surface area contributed by atoms with Crippen LogP contribution in [0.25, 0.3) is 11.4 Å². The van der Waals surface area contributed by atoms with E-state index in [0.717, 1.165) is 12.3 Å². The number of halogens is 2. The van der Waals surface area contributed by atoms with Crippen molar-refractivity contribution in [2.24, 2.45) is 5.92 Å². The molecule has 1 amide bonds. The quantitative estimate of drug-likeness (QED) is 0.496. The molecule has 1 aromatic heterocycles. The largest absolute Gasteiger partial charge is 0.444 e. The van der Waals surface area contributed by atoms with E-state index in [1.165, 1.54) is 12.1 Å². The zero-order chi connectivity index (χ0) is 27.8. The van der Waals surface area contributed by atoms with Crippen molar-refractivity contribution in [3.8, 4) is 11.4 Å². The van der Waals surface area contributed by atoms with Crippen molar-refractivity contribution in [1.29, 1.82) is 0 Å². The second kappa shape index (κ2) is 10.7. The predicted octanol–water partition coefficient (Wildman–Crippen LogP) is 3.28. The first-order valence-corrected chi connectivity index (χ1v) is 14.3. The number of alkyl carbamates (subject to hydrolysis) is 1. The molecule has 2 aliphatic rings. The lowest BCUT2D eigenvalue weighted by Crippen LogP contribution is -2.50. The third kappa shape index (κ3) is 6.93. The number of likely N-dealkylation sites (tertiary alicyclic amines) is 1. The molecular formula is C25H32F2N4O6S. The van der Waals surface area contributed by atoms with Crippen LogP contribution >= 0.6 is 0 Å². The molecule has 1 saturated heterocycles. The van der Waals surface area contributed by atoms with Gasteiger partial charge in [-0.3, -0.25) is 9.69 Å². The Labute approximate surface area is 220 Å². The molecule has 208 valence electrons. The van der Waals surface area contributed by atoms with Gasteiger partial charge >= 0.3 is 6.09 Å². The molecule has 0 unspecified atom stereocenters. The van der Waals surface area contributed by atoms with E-state index in [1.807, 2.05) is 0 Å². The second-order valence-corrected chi connectivity index (χ2v) is 12.9. The highest BCUT2D eigenvalue weighted by atomic mass is 32.2. The van der Waals surface area contributed by atoms with Crippen LogP contribution in [0.3, 0.4) is 0 Å². The van der Waals surface area contributed by atoms with Crippen LogP contribution < -0.4 is 5.32 Å². The first-order valence-electron chi connectivity index (χ1n) is 12.4. The van der Waals surface area contributed by atoms with Gasteiger partial charge in [-0.25, -0.2) is 22.0 Å². The molecule has 38 heavy (non-hydrogen) atoms. The maximum Gasteiger partial charge on any atom is 0.407 e. The molecule has 0 radical (unpaired) electrons. The minimum absolute atomic E-state index is 0.110. The summed E-state index contributed by atoms with van der Waals surface area (Å²) in [7, 11) is -3.63. The van der Waals surface area contributed by atoms with Crippen molar-refractivity contribution in [2.45, 2.75) is 68.7 Å². The molecule has 3 atom stereocenters. The van der Waals surface area contributed by atoms with Gasteiger partial charge in [-0.1, -0.05) is 5.16 Å². The summed E-state index contributed by atoms with van der Waals surface area (Å²) in [4.78, 5) is 32.1. The van der Waals surface area contributed by atoms with E-state index in [-0.39, 0.29) is 47.0 Å². The molecule has 2 heterocycles. The number of hydrogen-bond donors (Lipinski definition) is 1. The van der Waals surface area contributed by atoms with Crippen molar-refractivity contribution in [1.82, 2.24) is 20.4 Å². The molecule has 2 fully saturated rings. The number of nitrogens with zero attached hydrogens (tertiary/aromatic N) is 3. The van der Waals surface area contributed by atoms with Crippen molar-refractivity contribution < 1.29 is 36.0 Å². The predicted molar refractivity (Wildman–Crippen MR) is 132 cm³/mol. The topological polar surface area (TPSA) is 132 Å². The summed E-state index contributed by atoms with van der Waals surface area (Å²) in [5.41, 5.74) is -0.906. The fourth-order valence-electron chi connectivity index (χ4n) is 4.42. The Morgan fingerprint density at radius 3 is 2.53 bits per heavy atom. The fraction of sp³-hybridized carbons (Fsp3) is 0.600. The lowest BCUT2D eigenvalue weighted by Gasteiger charge is -2.30. The summed E-state index contributed by atoms with van der Waals surface area (Å²) >= 11 is 0. The van der Waals surface area contributed by atoms with Gasteiger partial charge in [0.2, 0.25) is 11.7 Å². The SMILES string of the molecule is CC(C)(C)OC(=O)N[C@@H](CN1CC[C@H](F)C1)[C@H](C(=O)C1CC1)c1nc(-c2ccc(S(C)(=O)=O)cc2F)no1. The first kappa shape index (κ1) is 28.1. The van der Waals surface area contributed by atoms with Gasteiger partial charge in [0.1, 0.15) is 23.5 Å². The molecule has 10 nitrogen and oxygen atoms in total. The number of sulfone groups is 1. The molecule has 0 spiro atoms. The van der Waals surface area contributed by atoms with E-state index in [2.05, 4.69) is 15.5 Å². The summed E-state index contributed by atoms with van der Waals surface area (Å²) in [6.07, 6.45) is 0.886. The number of alkyl halides is 1. The highest BCUT2D eigenvalue weighted by molar-refractivity contribution is 7.90. The lowest BCUT2D eigenvalue weighted by molar-refractivity contribution is -0.123. The van der Waals surface area contributed by atoms with Gasteiger partial charge in [-0.2, -0.15) is 4.98 Å². The number of carbonyl (C=O) groups excluding carboxylic acids is 2. The smallest absolute Gasteiger partial charge is 0.407 e. The summed E-state index contributed by atoms with van der Waals surface area (Å²) in [5, 5.41) is 6.59. The molecule has 2 aromatic rings. The minimum Gasteiger partial charge on any atom is -0.444 e. The van der Waals surface area contributed by atoms with Crippen LogP contribution in [0.15, 0.2) is 27.6 Å². The van der Waals surface area contributed by atoms with Crippen LogP contribution in [-0.4, -0.2) is 79.0 Å². The number of ether oxygens (including phenoxy) is 1. The summed E-state index contributed by atoms with van der Waals surface area (Å²) < 4.78 is 63.1. The number of hydrogen-bond acceptors (Lipinski definition) is 9. The normalized spacial score (nSPS) is 20.2. The molecule has 1 aromatic carbocycles. The standard InChI is InChI=1S/C25H32F2N4O6S/c1-25(2,3)36-24(33)28-19(13-31-10-9-15(26)12-31)20(21(32)14-5-6-14)23-29-22(30-37-23)17-8-7-16(11-18(17)27)38(4,34)35/h7-8,11,14-15,19-20H,5-6,9-10,12-13H2,1-4H3,(H,28,33)/t15-,19-,20+/m0/s1. The summed E-state index contributed by atoms with van der Waals surface area (Å²) in [5.74, 6) is -2.72. The van der Waals surface area contributed by atoms with Gasteiger partial charge in [-0.05, 0) is 58.2 Å². The van der Waals surface area contributed by atoms with Crippen LogP contribution in [0.4, 0.5) is 13.6 Å². The van der Waals surface area contributed by atoms with E-state index in [0.29, 0.717) is 25.8 Å². The Kier molecular flexibility index (Phi) is 7.89. The number of nitrogens with one attached hydrogen (secondary N) is 1.